The second kappa shape index (κ2) is 8.84. The van der Waals surface area contributed by atoms with Crippen molar-refractivity contribution in [2.75, 3.05) is 13.1 Å². The molecule has 1 aromatic heterocycles. The van der Waals surface area contributed by atoms with Gasteiger partial charge in [0, 0.05) is 37.8 Å². The molecule has 1 atom stereocenters. The number of carbonyl (C=O) groups excluding carboxylic acids is 1. The molecular weight excluding hydrogens is 374 g/mol. The van der Waals surface area contributed by atoms with Gasteiger partial charge < -0.3 is 14.6 Å². The number of carbonyl (C=O) groups is 1. The van der Waals surface area contributed by atoms with E-state index in [1.165, 1.54) is 11.1 Å². The van der Waals surface area contributed by atoms with E-state index >= 15 is 0 Å². The normalized spacial score (nSPS) is 16.9. The number of amides is 1. The second-order valence-corrected chi connectivity index (χ2v) is 8.36. The summed E-state index contributed by atoms with van der Waals surface area (Å²) in [6, 6.07) is 18.6. The average Bonchev–Trinajstić information content (AvgIpc) is 3.26. The minimum Gasteiger partial charge on any atom is -0.388 e. The van der Waals surface area contributed by atoms with Crippen LogP contribution in [0.25, 0.3) is 0 Å². The lowest BCUT2D eigenvalue weighted by Gasteiger charge is -2.39. The Labute approximate surface area is 178 Å². The van der Waals surface area contributed by atoms with Gasteiger partial charge in [0.1, 0.15) is 0 Å². The Morgan fingerprint density at radius 2 is 1.80 bits per heavy atom. The summed E-state index contributed by atoms with van der Waals surface area (Å²) in [5.74, 6) is 0.184. The molecule has 0 spiro atoms. The van der Waals surface area contributed by atoms with E-state index in [-0.39, 0.29) is 11.8 Å². The number of aryl methyl sites for hydroxylation is 1. The van der Waals surface area contributed by atoms with E-state index in [0.717, 1.165) is 5.56 Å². The minimum atomic E-state index is -0.785. The van der Waals surface area contributed by atoms with Gasteiger partial charge in [-0.2, -0.15) is 0 Å². The highest BCUT2D eigenvalue weighted by Crippen LogP contribution is 2.32. The van der Waals surface area contributed by atoms with Crippen LogP contribution in [0.15, 0.2) is 73.3 Å². The monoisotopic (exact) mass is 403 g/mol. The number of hydrogen-bond donors (Lipinski definition) is 1. The average molecular weight is 404 g/mol. The first kappa shape index (κ1) is 20.4. The number of likely N-dealkylation sites (tertiary alicyclic amines) is 1. The van der Waals surface area contributed by atoms with Gasteiger partial charge in [-0.25, -0.2) is 4.98 Å². The molecule has 1 saturated heterocycles. The number of benzene rings is 2. The van der Waals surface area contributed by atoms with Crippen molar-refractivity contribution in [1.29, 1.82) is 0 Å². The molecule has 4 rings (SSSR count). The number of piperidine rings is 1. The van der Waals surface area contributed by atoms with Crippen molar-refractivity contribution in [1.82, 2.24) is 14.5 Å². The standard InChI is InChI=1S/C25H29N3O2/c1-20-7-5-6-10-22(20)23(21-8-3-2-4-9-21)17-24(29)28-14-11-25(30,12-15-28)18-27-16-13-26-19-27/h2-10,13,16,19,23,30H,11-12,14-15,17-18H2,1H3. The van der Waals surface area contributed by atoms with E-state index in [1.807, 2.05) is 46.0 Å². The first-order valence-corrected chi connectivity index (χ1v) is 10.6. The van der Waals surface area contributed by atoms with Crippen LogP contribution in [0.4, 0.5) is 0 Å². The topological polar surface area (TPSA) is 58.4 Å². The fraction of sp³-hybridized carbons (Fsp3) is 0.360. The Morgan fingerprint density at radius 3 is 2.47 bits per heavy atom. The molecule has 1 aliphatic heterocycles. The zero-order chi connectivity index (χ0) is 21.0. The van der Waals surface area contributed by atoms with Gasteiger partial charge in [-0.05, 0) is 36.5 Å². The van der Waals surface area contributed by atoms with Crippen LogP contribution in [-0.4, -0.2) is 44.2 Å². The first-order valence-electron chi connectivity index (χ1n) is 10.6. The molecule has 1 amide bonds. The second-order valence-electron chi connectivity index (χ2n) is 8.36. The van der Waals surface area contributed by atoms with Gasteiger partial charge in [-0.1, -0.05) is 54.6 Å². The van der Waals surface area contributed by atoms with Crippen molar-refractivity contribution < 1.29 is 9.90 Å². The zero-order valence-electron chi connectivity index (χ0n) is 17.4. The van der Waals surface area contributed by atoms with Crippen LogP contribution < -0.4 is 0 Å². The van der Waals surface area contributed by atoms with E-state index in [9.17, 15) is 9.90 Å². The zero-order valence-corrected chi connectivity index (χ0v) is 17.4. The molecule has 30 heavy (non-hydrogen) atoms. The Balaban J connectivity index is 1.45. The molecule has 1 unspecified atom stereocenters. The highest BCUT2D eigenvalue weighted by Gasteiger charge is 2.35. The molecule has 5 nitrogen and oxygen atoms in total. The predicted molar refractivity (Wildman–Crippen MR) is 117 cm³/mol. The number of hydrogen-bond acceptors (Lipinski definition) is 3. The largest absolute Gasteiger partial charge is 0.388 e. The molecule has 0 aliphatic carbocycles. The fourth-order valence-electron chi connectivity index (χ4n) is 4.42. The van der Waals surface area contributed by atoms with Gasteiger partial charge in [0.2, 0.25) is 5.91 Å². The molecule has 3 aromatic rings. The molecule has 1 N–H and O–H groups in total. The van der Waals surface area contributed by atoms with Gasteiger partial charge in [0.25, 0.3) is 0 Å². The summed E-state index contributed by atoms with van der Waals surface area (Å²) in [6.45, 7) is 3.79. The third-order valence-electron chi connectivity index (χ3n) is 6.23. The van der Waals surface area contributed by atoms with E-state index in [0.29, 0.717) is 38.9 Å². The summed E-state index contributed by atoms with van der Waals surface area (Å²) in [5, 5.41) is 10.9. The predicted octanol–water partition coefficient (Wildman–Crippen LogP) is 3.77. The van der Waals surface area contributed by atoms with Crippen molar-refractivity contribution in [2.45, 2.75) is 44.2 Å². The summed E-state index contributed by atoms with van der Waals surface area (Å²) in [7, 11) is 0. The summed E-state index contributed by atoms with van der Waals surface area (Å²) in [6.07, 6.45) is 6.91. The summed E-state index contributed by atoms with van der Waals surface area (Å²) >= 11 is 0. The highest BCUT2D eigenvalue weighted by molar-refractivity contribution is 5.78. The number of aromatic nitrogens is 2. The van der Waals surface area contributed by atoms with Crippen molar-refractivity contribution >= 4 is 5.91 Å². The molecule has 1 aliphatic rings. The van der Waals surface area contributed by atoms with Crippen LogP contribution in [0, 0.1) is 6.92 Å². The van der Waals surface area contributed by atoms with Crippen molar-refractivity contribution in [3.05, 3.63) is 90.0 Å². The molecule has 156 valence electrons. The minimum absolute atomic E-state index is 0.0339. The molecule has 5 heteroatoms. The molecule has 2 aromatic carbocycles. The van der Waals surface area contributed by atoms with Crippen molar-refractivity contribution in [2.24, 2.45) is 0 Å². The van der Waals surface area contributed by atoms with E-state index < -0.39 is 5.60 Å². The Morgan fingerprint density at radius 1 is 1.10 bits per heavy atom. The van der Waals surface area contributed by atoms with Gasteiger partial charge in [-0.15, -0.1) is 0 Å². The fourth-order valence-corrected chi connectivity index (χ4v) is 4.42. The van der Waals surface area contributed by atoms with E-state index in [1.54, 1.807) is 12.5 Å². The van der Waals surface area contributed by atoms with Crippen molar-refractivity contribution in [3.8, 4) is 0 Å². The summed E-state index contributed by atoms with van der Waals surface area (Å²) < 4.78 is 1.90. The van der Waals surface area contributed by atoms with Gasteiger partial charge in [0.15, 0.2) is 0 Å². The van der Waals surface area contributed by atoms with Crippen LogP contribution in [0.3, 0.4) is 0 Å². The number of imidazole rings is 1. The quantitative estimate of drug-likeness (QED) is 0.682. The number of rotatable bonds is 6. The smallest absolute Gasteiger partial charge is 0.223 e. The van der Waals surface area contributed by atoms with Crippen LogP contribution in [-0.2, 0) is 11.3 Å². The first-order chi connectivity index (χ1) is 14.5. The third-order valence-corrected chi connectivity index (χ3v) is 6.23. The van der Waals surface area contributed by atoms with Gasteiger partial charge >= 0.3 is 0 Å². The Kier molecular flexibility index (Phi) is 6.00. The Bertz CT molecular complexity index is 961. The van der Waals surface area contributed by atoms with Crippen molar-refractivity contribution in [3.63, 3.8) is 0 Å². The van der Waals surface area contributed by atoms with Gasteiger partial charge in [-0.3, -0.25) is 4.79 Å². The lowest BCUT2D eigenvalue weighted by molar-refractivity contribution is -0.136. The number of aliphatic hydroxyl groups is 1. The molecule has 2 heterocycles. The molecule has 0 radical (unpaired) electrons. The molecule has 0 saturated carbocycles. The lowest BCUT2D eigenvalue weighted by atomic mass is 9.85. The summed E-state index contributed by atoms with van der Waals surface area (Å²) in [4.78, 5) is 19.2. The molecular formula is C25H29N3O2. The maximum Gasteiger partial charge on any atom is 0.223 e. The van der Waals surface area contributed by atoms with E-state index in [2.05, 4.69) is 36.2 Å². The maximum atomic E-state index is 13.2. The number of nitrogens with zero attached hydrogens (tertiary/aromatic N) is 3. The van der Waals surface area contributed by atoms with Crippen LogP contribution in [0.1, 0.15) is 41.9 Å². The maximum absolute atomic E-state index is 13.2. The Hall–Kier alpha value is -2.92. The SMILES string of the molecule is Cc1ccccc1C(CC(=O)N1CCC(O)(Cn2ccnc2)CC1)c1ccccc1. The van der Waals surface area contributed by atoms with Crippen LogP contribution >= 0.6 is 0 Å². The molecule has 1 fully saturated rings. The lowest BCUT2D eigenvalue weighted by Crippen LogP contribution is -2.48. The highest BCUT2D eigenvalue weighted by atomic mass is 16.3. The van der Waals surface area contributed by atoms with Crippen LogP contribution in [0.5, 0.6) is 0 Å². The van der Waals surface area contributed by atoms with E-state index in [4.69, 9.17) is 0 Å². The third kappa shape index (κ3) is 4.62. The summed E-state index contributed by atoms with van der Waals surface area (Å²) in [5.41, 5.74) is 2.78. The molecule has 0 bridgehead atoms. The van der Waals surface area contributed by atoms with Crippen LogP contribution in [0.2, 0.25) is 0 Å². The van der Waals surface area contributed by atoms with Gasteiger partial charge in [0.05, 0.1) is 18.5 Å².